The molecule has 26 heavy (non-hydrogen) atoms. The summed E-state index contributed by atoms with van der Waals surface area (Å²) in [6, 6.07) is 11.1. The van der Waals surface area contributed by atoms with E-state index in [4.69, 9.17) is 0 Å². The van der Waals surface area contributed by atoms with Crippen LogP contribution in [0.3, 0.4) is 0 Å². The first-order valence-corrected chi connectivity index (χ1v) is 9.98. The highest BCUT2D eigenvalue weighted by atomic mass is 32.2. The molecule has 2 aromatic carbocycles. The van der Waals surface area contributed by atoms with Crippen molar-refractivity contribution >= 4 is 20.9 Å². The monoisotopic (exact) mass is 372 g/mol. The number of nitrogens with zero attached hydrogens (tertiary/aromatic N) is 1. The molecule has 1 heterocycles. The molecular weight excluding hydrogens is 348 g/mol. The lowest BCUT2D eigenvalue weighted by atomic mass is 10.1. The third-order valence-corrected chi connectivity index (χ3v) is 6.41. The molecule has 0 bridgehead atoms. The van der Waals surface area contributed by atoms with Crippen LogP contribution in [0.15, 0.2) is 47.5 Å². The number of aromatic nitrogens is 1. The van der Waals surface area contributed by atoms with Gasteiger partial charge in [0.15, 0.2) is 0 Å². The molecule has 0 saturated carbocycles. The normalized spacial score (nSPS) is 13.3. The van der Waals surface area contributed by atoms with Crippen LogP contribution < -0.4 is 4.72 Å². The third kappa shape index (κ3) is 3.53. The van der Waals surface area contributed by atoms with Crippen molar-refractivity contribution in [1.29, 1.82) is 0 Å². The maximum absolute atomic E-state index is 12.6. The molecule has 0 aliphatic carbocycles. The third-order valence-electron chi connectivity index (χ3n) is 4.84. The first kappa shape index (κ1) is 18.6. The molecule has 0 amide bonds. The molecule has 1 aromatic heterocycles. The minimum absolute atomic E-state index is 0.0764. The molecule has 5 nitrogen and oxygen atoms in total. The van der Waals surface area contributed by atoms with Crippen LogP contribution in [0.2, 0.25) is 0 Å². The van der Waals surface area contributed by atoms with Crippen LogP contribution in [0.4, 0.5) is 0 Å². The molecule has 0 aliphatic heterocycles. The highest BCUT2D eigenvalue weighted by molar-refractivity contribution is 7.89. The summed E-state index contributed by atoms with van der Waals surface area (Å²) in [5.41, 5.74) is 4.42. The summed E-state index contributed by atoms with van der Waals surface area (Å²) in [4.78, 5) is 0.256. The van der Waals surface area contributed by atoms with Crippen LogP contribution in [0.1, 0.15) is 28.4 Å². The molecule has 3 rings (SSSR count). The van der Waals surface area contributed by atoms with Gasteiger partial charge in [0.25, 0.3) is 0 Å². The molecule has 138 valence electrons. The fraction of sp³-hybridized carbons (Fsp3) is 0.300. The first-order valence-electron chi connectivity index (χ1n) is 8.49. The zero-order chi connectivity index (χ0) is 19.1. The van der Waals surface area contributed by atoms with E-state index in [0.29, 0.717) is 11.1 Å². The van der Waals surface area contributed by atoms with Crippen LogP contribution in [0, 0.1) is 20.8 Å². The quantitative estimate of drug-likeness (QED) is 0.723. The second-order valence-electron chi connectivity index (χ2n) is 6.81. The Morgan fingerprint density at radius 2 is 1.73 bits per heavy atom. The van der Waals surface area contributed by atoms with Crippen molar-refractivity contribution in [3.63, 3.8) is 0 Å². The summed E-state index contributed by atoms with van der Waals surface area (Å²) >= 11 is 0. The average Bonchev–Trinajstić information content (AvgIpc) is 2.96. The van der Waals surface area contributed by atoms with Gasteiger partial charge in [-0.05, 0) is 72.7 Å². The van der Waals surface area contributed by atoms with E-state index in [9.17, 15) is 13.5 Å². The minimum Gasteiger partial charge on any atom is -0.387 e. The molecule has 1 atom stereocenters. The standard InChI is InChI=1S/C20H24N2O3S/c1-13-9-15(3)20(10-14(13)2)26(24,25)21-12-19(23)17-5-6-18-16(11-17)7-8-22(18)4/h5-11,19,21,23H,12H2,1-4H3. The van der Waals surface area contributed by atoms with E-state index in [0.717, 1.165) is 22.0 Å². The Labute approximate surface area is 154 Å². The number of rotatable bonds is 5. The van der Waals surface area contributed by atoms with Crippen molar-refractivity contribution in [2.24, 2.45) is 7.05 Å². The van der Waals surface area contributed by atoms with Gasteiger partial charge in [0, 0.05) is 25.3 Å². The van der Waals surface area contributed by atoms with Crippen LogP contribution in [-0.4, -0.2) is 24.6 Å². The number of aliphatic hydroxyl groups excluding tert-OH is 1. The Bertz CT molecular complexity index is 1070. The van der Waals surface area contributed by atoms with Gasteiger partial charge in [-0.15, -0.1) is 0 Å². The molecule has 0 saturated heterocycles. The van der Waals surface area contributed by atoms with Crippen LogP contribution >= 0.6 is 0 Å². The van der Waals surface area contributed by atoms with Gasteiger partial charge >= 0.3 is 0 Å². The van der Waals surface area contributed by atoms with E-state index < -0.39 is 16.1 Å². The second-order valence-corrected chi connectivity index (χ2v) is 8.55. The number of nitrogens with one attached hydrogen (secondary N) is 1. The maximum atomic E-state index is 12.6. The fourth-order valence-electron chi connectivity index (χ4n) is 3.12. The molecule has 0 spiro atoms. The first-order chi connectivity index (χ1) is 12.2. The summed E-state index contributed by atoms with van der Waals surface area (Å²) in [7, 11) is -1.73. The lowest BCUT2D eigenvalue weighted by Crippen LogP contribution is -2.29. The number of sulfonamides is 1. The second kappa shape index (κ2) is 6.87. The molecule has 0 fully saturated rings. The van der Waals surface area contributed by atoms with Crippen molar-refractivity contribution in [3.8, 4) is 0 Å². The summed E-state index contributed by atoms with van der Waals surface area (Å²) < 4.78 is 29.8. The number of fused-ring (bicyclic) bond motifs is 1. The smallest absolute Gasteiger partial charge is 0.240 e. The largest absolute Gasteiger partial charge is 0.387 e. The van der Waals surface area contributed by atoms with E-state index in [-0.39, 0.29) is 11.4 Å². The van der Waals surface area contributed by atoms with Crippen LogP contribution in [0.5, 0.6) is 0 Å². The van der Waals surface area contributed by atoms with Crippen molar-refractivity contribution < 1.29 is 13.5 Å². The van der Waals surface area contributed by atoms with Crippen molar-refractivity contribution in [1.82, 2.24) is 9.29 Å². The predicted molar refractivity (Wildman–Crippen MR) is 104 cm³/mol. The topological polar surface area (TPSA) is 71.3 Å². The van der Waals surface area contributed by atoms with Crippen molar-refractivity contribution in [2.45, 2.75) is 31.8 Å². The van der Waals surface area contributed by atoms with E-state index >= 15 is 0 Å². The average molecular weight is 372 g/mol. The zero-order valence-electron chi connectivity index (χ0n) is 15.4. The number of aliphatic hydroxyl groups is 1. The minimum atomic E-state index is -3.69. The molecule has 0 radical (unpaired) electrons. The van der Waals surface area contributed by atoms with Gasteiger partial charge < -0.3 is 9.67 Å². The van der Waals surface area contributed by atoms with Crippen LogP contribution in [-0.2, 0) is 17.1 Å². The SMILES string of the molecule is Cc1cc(C)c(S(=O)(=O)NCC(O)c2ccc3c(ccn3C)c2)cc1C. The van der Waals surface area contributed by atoms with Gasteiger partial charge in [-0.3, -0.25) is 0 Å². The maximum Gasteiger partial charge on any atom is 0.240 e. The Hall–Kier alpha value is -2.15. The summed E-state index contributed by atoms with van der Waals surface area (Å²) in [6.07, 6.45) is 1.03. The number of benzene rings is 2. The number of hydrogen-bond acceptors (Lipinski definition) is 3. The Balaban J connectivity index is 1.79. The van der Waals surface area contributed by atoms with Gasteiger partial charge in [-0.2, -0.15) is 0 Å². The molecule has 3 aromatic rings. The lowest BCUT2D eigenvalue weighted by molar-refractivity contribution is 0.182. The summed E-state index contributed by atoms with van der Waals surface area (Å²) in [5.74, 6) is 0. The molecule has 2 N–H and O–H groups in total. The number of hydrogen-bond donors (Lipinski definition) is 2. The van der Waals surface area contributed by atoms with Gasteiger partial charge in [0.05, 0.1) is 11.0 Å². The summed E-state index contributed by atoms with van der Waals surface area (Å²) in [5, 5.41) is 11.4. The van der Waals surface area contributed by atoms with E-state index in [1.54, 1.807) is 13.0 Å². The zero-order valence-corrected chi connectivity index (χ0v) is 16.3. The van der Waals surface area contributed by atoms with Gasteiger partial charge in [0.2, 0.25) is 10.0 Å². The molecular formula is C20H24N2O3S. The van der Waals surface area contributed by atoms with Gasteiger partial charge in [-0.1, -0.05) is 12.1 Å². The predicted octanol–water partition coefficient (Wildman–Crippen LogP) is 3.12. The summed E-state index contributed by atoms with van der Waals surface area (Å²) in [6.45, 7) is 5.54. The Morgan fingerprint density at radius 1 is 1.04 bits per heavy atom. The fourth-order valence-corrected chi connectivity index (χ4v) is 4.46. The van der Waals surface area contributed by atoms with Crippen LogP contribution in [0.25, 0.3) is 10.9 Å². The molecule has 6 heteroatoms. The van der Waals surface area contributed by atoms with E-state index in [1.807, 2.05) is 62.0 Å². The Kier molecular flexibility index (Phi) is 4.92. The molecule has 1 unspecified atom stereocenters. The van der Waals surface area contributed by atoms with Crippen molar-refractivity contribution in [3.05, 3.63) is 64.8 Å². The van der Waals surface area contributed by atoms with Crippen molar-refractivity contribution in [2.75, 3.05) is 6.54 Å². The highest BCUT2D eigenvalue weighted by Crippen LogP contribution is 2.23. The lowest BCUT2D eigenvalue weighted by Gasteiger charge is -2.15. The van der Waals surface area contributed by atoms with E-state index in [1.165, 1.54) is 0 Å². The van der Waals surface area contributed by atoms with Gasteiger partial charge in [0.1, 0.15) is 0 Å². The van der Waals surface area contributed by atoms with Gasteiger partial charge in [-0.25, -0.2) is 13.1 Å². The molecule has 0 aliphatic rings. The highest BCUT2D eigenvalue weighted by Gasteiger charge is 2.20. The Morgan fingerprint density at radius 3 is 2.46 bits per heavy atom. The number of aryl methyl sites for hydroxylation is 4. The van der Waals surface area contributed by atoms with E-state index in [2.05, 4.69) is 4.72 Å².